The highest BCUT2D eigenvalue weighted by Crippen LogP contribution is 2.21. The lowest BCUT2D eigenvalue weighted by Crippen LogP contribution is -2.32. The molecule has 4 nitrogen and oxygen atoms in total. The first-order valence-corrected chi connectivity index (χ1v) is 7.34. The first-order valence-electron chi connectivity index (χ1n) is 6.46. The Labute approximate surface area is 122 Å². The van der Waals surface area contributed by atoms with E-state index in [0.717, 1.165) is 17.7 Å². The molecule has 1 unspecified atom stereocenters. The van der Waals surface area contributed by atoms with Crippen molar-refractivity contribution in [3.8, 4) is 0 Å². The molecule has 1 heterocycles. The Morgan fingerprint density at radius 3 is 2.65 bits per heavy atom. The van der Waals surface area contributed by atoms with Gasteiger partial charge in [-0.3, -0.25) is 9.69 Å². The van der Waals surface area contributed by atoms with Gasteiger partial charge in [0.15, 0.2) is 0 Å². The van der Waals surface area contributed by atoms with E-state index in [-0.39, 0.29) is 0 Å². The van der Waals surface area contributed by atoms with E-state index in [1.807, 2.05) is 54.7 Å². The van der Waals surface area contributed by atoms with Crippen LogP contribution < -0.4 is 0 Å². The number of hydrogen-bond acceptors (Lipinski definition) is 4. The Kier molecular flexibility index (Phi) is 4.87. The largest absolute Gasteiger partial charge is 0.480 e. The molecule has 0 amide bonds. The second-order valence-corrected chi connectivity index (χ2v) is 5.68. The Morgan fingerprint density at radius 1 is 1.40 bits per heavy atom. The van der Waals surface area contributed by atoms with Gasteiger partial charge in [0.25, 0.3) is 0 Å². The first-order chi connectivity index (χ1) is 9.59. The molecule has 20 heavy (non-hydrogen) atoms. The van der Waals surface area contributed by atoms with Gasteiger partial charge in [-0.2, -0.15) is 0 Å². The molecule has 5 heteroatoms. The van der Waals surface area contributed by atoms with Gasteiger partial charge >= 0.3 is 5.97 Å². The molecule has 0 radical (unpaired) electrons. The lowest BCUT2D eigenvalue weighted by molar-refractivity contribution is -0.143. The van der Waals surface area contributed by atoms with Crippen LogP contribution in [0, 0.1) is 6.92 Å². The average Bonchev–Trinajstić information content (AvgIpc) is 2.83. The summed E-state index contributed by atoms with van der Waals surface area (Å²) in [5, 5.41) is 9.46. The van der Waals surface area contributed by atoms with Crippen LogP contribution in [0.2, 0.25) is 0 Å². The normalized spacial score (nSPS) is 12.6. The molecule has 0 aliphatic carbocycles. The van der Waals surface area contributed by atoms with Crippen LogP contribution >= 0.6 is 11.3 Å². The van der Waals surface area contributed by atoms with Crippen LogP contribution in [0.5, 0.6) is 0 Å². The minimum absolute atomic E-state index is 0.607. The van der Waals surface area contributed by atoms with Gasteiger partial charge in [-0.15, -0.1) is 11.3 Å². The molecule has 2 rings (SSSR count). The summed E-state index contributed by atoms with van der Waals surface area (Å²) in [5.74, 6) is -0.820. The molecule has 2 aromatic rings. The van der Waals surface area contributed by atoms with Gasteiger partial charge in [-0.05, 0) is 26.0 Å². The lowest BCUT2D eigenvalue weighted by Gasteiger charge is -2.24. The molecular formula is C15H18N2O2S. The molecule has 1 aromatic heterocycles. The number of nitrogens with zero attached hydrogens (tertiary/aromatic N) is 2. The Morgan fingerprint density at radius 2 is 2.10 bits per heavy atom. The zero-order chi connectivity index (χ0) is 14.5. The van der Waals surface area contributed by atoms with Crippen LogP contribution in [-0.4, -0.2) is 34.6 Å². The number of likely N-dealkylation sites (N-methyl/N-ethyl adjacent to an activating group) is 1. The number of aliphatic carboxylic acids is 1. The quantitative estimate of drug-likeness (QED) is 0.889. The van der Waals surface area contributed by atoms with Crippen LogP contribution in [0.4, 0.5) is 0 Å². The van der Waals surface area contributed by atoms with Crippen LogP contribution in [0.15, 0.2) is 35.8 Å². The summed E-state index contributed by atoms with van der Waals surface area (Å²) in [4.78, 5) is 18.8. The van der Waals surface area contributed by atoms with Gasteiger partial charge in [0, 0.05) is 11.4 Å². The summed E-state index contributed by atoms with van der Waals surface area (Å²) in [6.45, 7) is 2.67. The molecule has 0 bridgehead atoms. The van der Waals surface area contributed by atoms with E-state index < -0.39 is 12.0 Å². The van der Waals surface area contributed by atoms with E-state index in [4.69, 9.17) is 0 Å². The van der Waals surface area contributed by atoms with E-state index in [1.165, 1.54) is 4.88 Å². The number of aryl methyl sites for hydroxylation is 1. The molecule has 0 spiro atoms. The summed E-state index contributed by atoms with van der Waals surface area (Å²) in [5.41, 5.74) is 3.68. The molecule has 0 saturated carbocycles. The van der Waals surface area contributed by atoms with Crippen LogP contribution in [0.3, 0.4) is 0 Å². The molecule has 0 aliphatic rings. The van der Waals surface area contributed by atoms with Gasteiger partial charge in [-0.1, -0.05) is 30.3 Å². The monoisotopic (exact) mass is 290 g/mol. The number of carboxylic acid groups (broad SMARTS) is 1. The predicted molar refractivity (Wildman–Crippen MR) is 80.0 cm³/mol. The minimum atomic E-state index is -0.820. The fraction of sp³-hybridized carbons (Fsp3) is 0.333. The molecular weight excluding hydrogens is 272 g/mol. The Hall–Kier alpha value is -1.72. The van der Waals surface area contributed by atoms with Crippen molar-refractivity contribution in [2.45, 2.75) is 19.4 Å². The predicted octanol–water partition coefficient (Wildman–Crippen LogP) is 2.75. The van der Waals surface area contributed by atoms with Crippen molar-refractivity contribution in [2.75, 3.05) is 13.6 Å². The van der Waals surface area contributed by atoms with Crippen molar-refractivity contribution in [3.05, 3.63) is 52.0 Å². The number of aromatic nitrogens is 1. The van der Waals surface area contributed by atoms with E-state index in [2.05, 4.69) is 4.98 Å². The Bertz CT molecular complexity index is 568. The highest BCUT2D eigenvalue weighted by molar-refractivity contribution is 7.09. The zero-order valence-corrected chi connectivity index (χ0v) is 12.4. The van der Waals surface area contributed by atoms with Crippen molar-refractivity contribution in [1.29, 1.82) is 0 Å². The number of hydrogen-bond donors (Lipinski definition) is 1. The van der Waals surface area contributed by atoms with Gasteiger partial charge in [-0.25, -0.2) is 4.98 Å². The highest BCUT2D eigenvalue weighted by atomic mass is 32.1. The molecule has 1 N–H and O–H groups in total. The van der Waals surface area contributed by atoms with Crippen molar-refractivity contribution < 1.29 is 9.90 Å². The topological polar surface area (TPSA) is 53.4 Å². The fourth-order valence-corrected chi connectivity index (χ4v) is 2.96. The molecule has 1 aromatic carbocycles. The van der Waals surface area contributed by atoms with Crippen LogP contribution in [0.1, 0.15) is 22.2 Å². The minimum Gasteiger partial charge on any atom is -0.480 e. The van der Waals surface area contributed by atoms with E-state index >= 15 is 0 Å². The van der Waals surface area contributed by atoms with E-state index in [9.17, 15) is 9.90 Å². The number of carboxylic acids is 1. The number of thiazole rings is 1. The van der Waals surface area contributed by atoms with Gasteiger partial charge < -0.3 is 5.11 Å². The number of rotatable bonds is 6. The molecule has 0 fully saturated rings. The number of carbonyl (C=O) groups is 1. The lowest BCUT2D eigenvalue weighted by atomic mass is 10.1. The van der Waals surface area contributed by atoms with Crippen molar-refractivity contribution >= 4 is 17.3 Å². The maximum Gasteiger partial charge on any atom is 0.325 e. The Balaban J connectivity index is 2.07. The van der Waals surface area contributed by atoms with Crippen LogP contribution in [-0.2, 0) is 11.2 Å². The highest BCUT2D eigenvalue weighted by Gasteiger charge is 2.24. The molecule has 1 atom stereocenters. The third-order valence-electron chi connectivity index (χ3n) is 3.33. The molecule has 0 aliphatic heterocycles. The van der Waals surface area contributed by atoms with Gasteiger partial charge in [0.05, 0.1) is 11.2 Å². The van der Waals surface area contributed by atoms with E-state index in [1.54, 1.807) is 11.3 Å². The third kappa shape index (κ3) is 3.43. The smallest absolute Gasteiger partial charge is 0.325 e. The SMILES string of the molecule is Cc1ncsc1CCN(C)C(C(=O)O)c1ccccc1. The standard InChI is InChI=1S/C15H18N2O2S/c1-11-13(20-10-16-11)8-9-17(2)14(15(18)19)12-6-4-3-5-7-12/h3-7,10,14H,8-9H2,1-2H3,(H,18,19). The second-order valence-electron chi connectivity index (χ2n) is 4.74. The second kappa shape index (κ2) is 6.63. The third-order valence-corrected chi connectivity index (χ3v) is 4.32. The molecule has 0 saturated heterocycles. The maximum atomic E-state index is 11.5. The van der Waals surface area contributed by atoms with E-state index in [0.29, 0.717) is 6.54 Å². The summed E-state index contributed by atoms with van der Waals surface area (Å²) in [6, 6.07) is 8.73. The van der Waals surface area contributed by atoms with Crippen LogP contribution in [0.25, 0.3) is 0 Å². The first kappa shape index (κ1) is 14.7. The van der Waals surface area contributed by atoms with Crippen molar-refractivity contribution in [2.24, 2.45) is 0 Å². The van der Waals surface area contributed by atoms with Crippen molar-refractivity contribution in [1.82, 2.24) is 9.88 Å². The van der Waals surface area contributed by atoms with Gasteiger partial charge in [0.2, 0.25) is 0 Å². The number of benzene rings is 1. The fourth-order valence-electron chi connectivity index (χ4n) is 2.19. The average molecular weight is 290 g/mol. The maximum absolute atomic E-state index is 11.5. The zero-order valence-electron chi connectivity index (χ0n) is 11.6. The van der Waals surface area contributed by atoms with Gasteiger partial charge in [0.1, 0.15) is 6.04 Å². The molecule has 106 valence electrons. The summed E-state index contributed by atoms with van der Waals surface area (Å²) in [7, 11) is 1.85. The van der Waals surface area contributed by atoms with Crippen molar-refractivity contribution in [3.63, 3.8) is 0 Å². The summed E-state index contributed by atoms with van der Waals surface area (Å²) < 4.78 is 0. The summed E-state index contributed by atoms with van der Waals surface area (Å²) in [6.07, 6.45) is 0.823. The summed E-state index contributed by atoms with van der Waals surface area (Å²) >= 11 is 1.62.